The summed E-state index contributed by atoms with van der Waals surface area (Å²) in [5.41, 5.74) is 1.96. The van der Waals surface area contributed by atoms with Crippen LogP contribution in [0.15, 0.2) is 59.0 Å². The van der Waals surface area contributed by atoms with Crippen LogP contribution in [0.1, 0.15) is 21.8 Å². The Labute approximate surface area is 173 Å². The highest BCUT2D eigenvalue weighted by molar-refractivity contribution is 5.93. The molecule has 1 fully saturated rings. The van der Waals surface area contributed by atoms with Gasteiger partial charge >= 0.3 is 0 Å². The predicted molar refractivity (Wildman–Crippen MR) is 111 cm³/mol. The van der Waals surface area contributed by atoms with E-state index in [-0.39, 0.29) is 23.8 Å². The van der Waals surface area contributed by atoms with Crippen LogP contribution < -0.4 is 0 Å². The molecule has 2 heterocycles. The van der Waals surface area contributed by atoms with Crippen LogP contribution in [0.4, 0.5) is 5.69 Å². The van der Waals surface area contributed by atoms with E-state index in [1.165, 1.54) is 12.1 Å². The fourth-order valence-electron chi connectivity index (χ4n) is 3.47. The number of hydrogen-bond acceptors (Lipinski definition) is 6. The number of non-ortho nitro benzene ring substituents is 1. The molecule has 30 heavy (non-hydrogen) atoms. The molecule has 0 saturated carbocycles. The first-order valence-electron chi connectivity index (χ1n) is 9.77. The molecule has 1 aromatic heterocycles. The van der Waals surface area contributed by atoms with E-state index in [1.807, 2.05) is 37.4 Å². The third-order valence-electron chi connectivity index (χ3n) is 5.20. The van der Waals surface area contributed by atoms with Crippen LogP contribution in [0.5, 0.6) is 0 Å². The average molecular weight is 406 g/mol. The quantitative estimate of drug-likeness (QED) is 0.477. The van der Waals surface area contributed by atoms with Crippen molar-refractivity contribution in [3.8, 4) is 11.5 Å². The van der Waals surface area contributed by atoms with E-state index >= 15 is 0 Å². The number of nitro benzene ring substituents is 1. The number of nitro groups is 1. The summed E-state index contributed by atoms with van der Waals surface area (Å²) in [6.07, 6.45) is 0.271. The van der Waals surface area contributed by atoms with Crippen molar-refractivity contribution in [3.05, 3.63) is 81.7 Å². The van der Waals surface area contributed by atoms with Crippen LogP contribution in [0, 0.1) is 10.1 Å². The Morgan fingerprint density at radius 2 is 1.83 bits per heavy atom. The molecule has 4 rings (SSSR count). The summed E-state index contributed by atoms with van der Waals surface area (Å²) >= 11 is 0. The highest BCUT2D eigenvalue weighted by Gasteiger charge is 2.28. The summed E-state index contributed by atoms with van der Waals surface area (Å²) in [5.74, 6) is 0.372. The molecule has 0 radical (unpaired) electrons. The van der Waals surface area contributed by atoms with Gasteiger partial charge in [-0.2, -0.15) is 0 Å². The monoisotopic (exact) mass is 406 g/mol. The normalized spacial score (nSPS) is 14.6. The molecular weight excluding hydrogens is 384 g/mol. The van der Waals surface area contributed by atoms with E-state index in [4.69, 9.17) is 4.42 Å². The van der Waals surface area contributed by atoms with Crippen molar-refractivity contribution in [2.75, 3.05) is 33.2 Å². The Morgan fingerprint density at radius 3 is 2.53 bits per heavy atom. The lowest BCUT2D eigenvalue weighted by molar-refractivity contribution is -0.384. The Balaban J connectivity index is 1.69. The molecule has 8 nitrogen and oxygen atoms in total. The van der Waals surface area contributed by atoms with E-state index < -0.39 is 4.92 Å². The van der Waals surface area contributed by atoms with E-state index in [9.17, 15) is 14.9 Å². The molecule has 0 bridgehead atoms. The zero-order chi connectivity index (χ0) is 21.1. The SMILES string of the molecule is CN1CCN(C(=O)c2oc(-c3ccccc3)nc2Cc2cccc([N+](=O)[O-])c2)CC1. The van der Waals surface area contributed by atoms with Crippen molar-refractivity contribution in [2.24, 2.45) is 0 Å². The summed E-state index contributed by atoms with van der Waals surface area (Å²) < 4.78 is 5.94. The summed E-state index contributed by atoms with van der Waals surface area (Å²) in [6.45, 7) is 2.83. The number of carbonyl (C=O) groups excluding carboxylic acids is 1. The molecule has 3 aromatic rings. The van der Waals surface area contributed by atoms with Crippen molar-refractivity contribution in [2.45, 2.75) is 6.42 Å². The fourth-order valence-corrected chi connectivity index (χ4v) is 3.47. The summed E-state index contributed by atoms with van der Waals surface area (Å²) in [7, 11) is 2.03. The van der Waals surface area contributed by atoms with Gasteiger partial charge in [0.2, 0.25) is 11.7 Å². The second kappa shape index (κ2) is 8.46. The number of hydrogen-bond donors (Lipinski definition) is 0. The second-order valence-corrected chi connectivity index (χ2v) is 7.36. The predicted octanol–water partition coefficient (Wildman–Crippen LogP) is 3.23. The number of benzene rings is 2. The van der Waals surface area contributed by atoms with Crippen LogP contribution in [-0.2, 0) is 6.42 Å². The van der Waals surface area contributed by atoms with E-state index in [2.05, 4.69) is 9.88 Å². The van der Waals surface area contributed by atoms with E-state index in [0.29, 0.717) is 30.2 Å². The van der Waals surface area contributed by atoms with Gasteiger partial charge in [0, 0.05) is 50.3 Å². The summed E-state index contributed by atoms with van der Waals surface area (Å²) in [4.78, 5) is 32.4. The summed E-state index contributed by atoms with van der Waals surface area (Å²) in [5, 5.41) is 11.1. The van der Waals surface area contributed by atoms with Crippen LogP contribution in [-0.4, -0.2) is 58.8 Å². The van der Waals surface area contributed by atoms with Crippen LogP contribution in [0.2, 0.25) is 0 Å². The van der Waals surface area contributed by atoms with Gasteiger partial charge in [0.1, 0.15) is 0 Å². The maximum absolute atomic E-state index is 13.2. The Bertz CT molecular complexity index is 1060. The van der Waals surface area contributed by atoms with Gasteiger partial charge in [0.15, 0.2) is 0 Å². The molecule has 1 aliphatic rings. The van der Waals surface area contributed by atoms with Gasteiger partial charge in [-0.25, -0.2) is 4.98 Å². The zero-order valence-corrected chi connectivity index (χ0v) is 16.7. The zero-order valence-electron chi connectivity index (χ0n) is 16.7. The van der Waals surface area contributed by atoms with Gasteiger partial charge in [-0.05, 0) is 24.7 Å². The molecular formula is C22H22N4O4. The molecule has 0 N–H and O–H groups in total. The standard InChI is InChI=1S/C22H22N4O4/c1-24-10-12-25(13-11-24)22(27)20-19(15-16-6-5-9-18(14-16)26(28)29)23-21(30-20)17-7-3-2-4-8-17/h2-9,14H,10-13,15H2,1H3. The van der Waals surface area contributed by atoms with Crippen LogP contribution in [0.25, 0.3) is 11.5 Å². The molecule has 0 spiro atoms. The van der Waals surface area contributed by atoms with Crippen LogP contribution in [0.3, 0.4) is 0 Å². The highest BCUT2D eigenvalue weighted by atomic mass is 16.6. The van der Waals surface area contributed by atoms with Gasteiger partial charge in [-0.3, -0.25) is 14.9 Å². The van der Waals surface area contributed by atoms with Gasteiger partial charge in [-0.1, -0.05) is 30.3 Å². The number of nitrogens with zero attached hydrogens (tertiary/aromatic N) is 4. The van der Waals surface area contributed by atoms with Crippen molar-refractivity contribution < 1.29 is 14.1 Å². The van der Waals surface area contributed by atoms with Crippen molar-refractivity contribution in [1.29, 1.82) is 0 Å². The van der Waals surface area contributed by atoms with Gasteiger partial charge < -0.3 is 14.2 Å². The van der Waals surface area contributed by atoms with Gasteiger partial charge in [0.05, 0.1) is 10.6 Å². The molecule has 154 valence electrons. The van der Waals surface area contributed by atoms with E-state index in [1.54, 1.807) is 17.0 Å². The molecule has 0 atom stereocenters. The fraction of sp³-hybridized carbons (Fsp3) is 0.273. The molecule has 2 aromatic carbocycles. The number of amides is 1. The number of piperazine rings is 1. The molecule has 0 aliphatic carbocycles. The molecule has 1 amide bonds. The first-order chi connectivity index (χ1) is 14.5. The van der Waals surface area contributed by atoms with Gasteiger partial charge in [0.25, 0.3) is 11.6 Å². The van der Waals surface area contributed by atoms with Crippen molar-refractivity contribution in [3.63, 3.8) is 0 Å². The lowest BCUT2D eigenvalue weighted by atomic mass is 10.1. The maximum Gasteiger partial charge on any atom is 0.291 e. The molecule has 0 unspecified atom stereocenters. The minimum Gasteiger partial charge on any atom is -0.431 e. The molecule has 1 saturated heterocycles. The third-order valence-corrected chi connectivity index (χ3v) is 5.20. The Hall–Kier alpha value is -3.52. The van der Waals surface area contributed by atoms with Crippen LogP contribution >= 0.6 is 0 Å². The third kappa shape index (κ3) is 4.23. The minimum absolute atomic E-state index is 0.00576. The first-order valence-corrected chi connectivity index (χ1v) is 9.77. The van der Waals surface area contributed by atoms with E-state index in [0.717, 1.165) is 18.7 Å². The maximum atomic E-state index is 13.2. The lowest BCUT2D eigenvalue weighted by Crippen LogP contribution is -2.47. The van der Waals surface area contributed by atoms with Crippen molar-refractivity contribution in [1.82, 2.24) is 14.8 Å². The Kier molecular flexibility index (Phi) is 5.58. The average Bonchev–Trinajstić information content (AvgIpc) is 3.18. The topological polar surface area (TPSA) is 92.7 Å². The van der Waals surface area contributed by atoms with Crippen molar-refractivity contribution >= 4 is 11.6 Å². The Morgan fingerprint density at radius 1 is 1.10 bits per heavy atom. The lowest BCUT2D eigenvalue weighted by Gasteiger charge is -2.31. The summed E-state index contributed by atoms with van der Waals surface area (Å²) in [6, 6.07) is 15.7. The minimum atomic E-state index is -0.433. The number of oxazole rings is 1. The van der Waals surface area contributed by atoms with Gasteiger partial charge in [-0.15, -0.1) is 0 Å². The second-order valence-electron chi connectivity index (χ2n) is 7.36. The number of carbonyl (C=O) groups is 1. The first kappa shape index (κ1) is 19.8. The number of rotatable bonds is 5. The number of likely N-dealkylation sites (N-methyl/N-ethyl adjacent to an activating group) is 1. The number of aromatic nitrogens is 1. The molecule has 8 heteroatoms. The largest absolute Gasteiger partial charge is 0.431 e. The highest BCUT2D eigenvalue weighted by Crippen LogP contribution is 2.26. The smallest absolute Gasteiger partial charge is 0.291 e. The molecule has 1 aliphatic heterocycles.